The van der Waals surface area contributed by atoms with E-state index < -0.39 is 33.7 Å². The van der Waals surface area contributed by atoms with Crippen molar-refractivity contribution >= 4 is 26.8 Å². The van der Waals surface area contributed by atoms with Crippen molar-refractivity contribution in [2.75, 3.05) is 0 Å². The van der Waals surface area contributed by atoms with Crippen LogP contribution in [0.1, 0.15) is 49.8 Å². The van der Waals surface area contributed by atoms with Gasteiger partial charge in [0, 0.05) is 23.5 Å². The molecule has 1 aromatic heterocycles. The van der Waals surface area contributed by atoms with Gasteiger partial charge in [-0.1, -0.05) is 36.4 Å². The number of carbonyl (C=O) groups is 1. The van der Waals surface area contributed by atoms with Gasteiger partial charge in [-0.15, -0.1) is 0 Å². The van der Waals surface area contributed by atoms with Crippen LogP contribution in [0.3, 0.4) is 0 Å². The second-order valence-electron chi connectivity index (χ2n) is 8.85. The molecule has 3 aromatic rings. The predicted octanol–water partition coefficient (Wildman–Crippen LogP) is 4.97. The van der Waals surface area contributed by atoms with Crippen LogP contribution in [0.5, 0.6) is 0 Å². The van der Waals surface area contributed by atoms with Crippen LogP contribution in [0.4, 0.5) is 13.2 Å². The van der Waals surface area contributed by atoms with E-state index in [9.17, 15) is 26.4 Å². The van der Waals surface area contributed by atoms with Crippen LogP contribution in [-0.2, 0) is 21.0 Å². The molecule has 1 atom stereocenters. The molecule has 1 aliphatic carbocycles. The lowest BCUT2D eigenvalue weighted by atomic mass is 9.85. The summed E-state index contributed by atoms with van der Waals surface area (Å²) in [5.74, 6) is -0.715. The molecule has 10 heteroatoms. The van der Waals surface area contributed by atoms with E-state index in [1.54, 1.807) is 18.2 Å². The van der Waals surface area contributed by atoms with Gasteiger partial charge in [0.1, 0.15) is 4.90 Å². The van der Waals surface area contributed by atoms with E-state index >= 15 is 0 Å². The van der Waals surface area contributed by atoms with Gasteiger partial charge < -0.3 is 5.32 Å². The number of hydrogen-bond acceptors (Lipinski definition) is 4. The predicted molar refractivity (Wildman–Crippen MR) is 126 cm³/mol. The summed E-state index contributed by atoms with van der Waals surface area (Å²) in [5.41, 5.74) is -0.0575. The van der Waals surface area contributed by atoms with Crippen molar-refractivity contribution < 1.29 is 26.4 Å². The van der Waals surface area contributed by atoms with E-state index in [2.05, 4.69) is 15.0 Å². The Bertz CT molecular complexity index is 1320. The zero-order valence-corrected chi connectivity index (χ0v) is 19.9. The lowest BCUT2D eigenvalue weighted by molar-refractivity contribution is -0.139. The van der Waals surface area contributed by atoms with Crippen molar-refractivity contribution in [1.82, 2.24) is 15.0 Å². The lowest BCUT2D eigenvalue weighted by Gasteiger charge is -2.29. The zero-order valence-electron chi connectivity index (χ0n) is 19.0. The smallest absolute Gasteiger partial charge is 0.349 e. The fourth-order valence-corrected chi connectivity index (χ4v) is 5.78. The topological polar surface area (TPSA) is 88.2 Å². The van der Waals surface area contributed by atoms with Crippen LogP contribution >= 0.6 is 0 Å². The number of sulfonamides is 1. The largest absolute Gasteiger partial charge is 0.416 e. The monoisotopic (exact) mass is 505 g/mol. The molecule has 1 saturated carbocycles. The first kappa shape index (κ1) is 25.1. The maximum atomic E-state index is 13.3. The van der Waals surface area contributed by atoms with Crippen molar-refractivity contribution in [3.8, 4) is 0 Å². The lowest BCUT2D eigenvalue weighted by Crippen LogP contribution is -2.41. The molecule has 2 N–H and O–H groups in total. The molecular weight excluding hydrogens is 479 g/mol. The molecule has 2 aromatic carbocycles. The number of aromatic nitrogens is 1. The van der Waals surface area contributed by atoms with Gasteiger partial charge in [0.2, 0.25) is 15.9 Å². The number of benzene rings is 2. The molecule has 0 spiro atoms. The second-order valence-corrected chi connectivity index (χ2v) is 10.6. The molecule has 0 bridgehead atoms. The highest BCUT2D eigenvalue weighted by Crippen LogP contribution is 2.35. The Morgan fingerprint density at radius 2 is 1.69 bits per heavy atom. The summed E-state index contributed by atoms with van der Waals surface area (Å²) in [7, 11) is -3.78. The minimum atomic E-state index is -4.51. The van der Waals surface area contributed by atoms with E-state index in [-0.39, 0.29) is 22.4 Å². The quantitative estimate of drug-likeness (QED) is 0.495. The number of carbonyl (C=O) groups excluding carboxylic acids is 1. The molecular formula is C25H26F3N3O3S. The fourth-order valence-electron chi connectivity index (χ4n) is 4.50. The molecule has 6 nitrogen and oxygen atoms in total. The third-order valence-electron chi connectivity index (χ3n) is 6.39. The zero-order chi connectivity index (χ0) is 25.2. The van der Waals surface area contributed by atoms with Crippen LogP contribution in [0.15, 0.2) is 65.7 Å². The third-order valence-corrected chi connectivity index (χ3v) is 7.87. The van der Waals surface area contributed by atoms with Gasteiger partial charge in [0.25, 0.3) is 0 Å². The van der Waals surface area contributed by atoms with Gasteiger partial charge in [-0.25, -0.2) is 13.1 Å². The average molecular weight is 506 g/mol. The normalized spacial score (nSPS) is 19.9. The van der Waals surface area contributed by atoms with Crippen molar-refractivity contribution in [1.29, 1.82) is 0 Å². The van der Waals surface area contributed by atoms with E-state index in [4.69, 9.17) is 0 Å². The van der Waals surface area contributed by atoms with Gasteiger partial charge in [0.05, 0.1) is 17.1 Å². The Balaban J connectivity index is 1.35. The summed E-state index contributed by atoms with van der Waals surface area (Å²) in [5, 5.41) is 3.42. The number of alkyl halides is 3. The summed E-state index contributed by atoms with van der Waals surface area (Å²) >= 11 is 0. The first-order chi connectivity index (χ1) is 16.5. The minimum absolute atomic E-state index is 0.0128. The van der Waals surface area contributed by atoms with Crippen LogP contribution in [0.25, 0.3) is 10.9 Å². The Hall–Kier alpha value is -2.98. The maximum Gasteiger partial charge on any atom is 0.416 e. The summed E-state index contributed by atoms with van der Waals surface area (Å²) < 4.78 is 68.3. The summed E-state index contributed by atoms with van der Waals surface area (Å²) in [4.78, 5) is 17.0. The van der Waals surface area contributed by atoms with E-state index in [0.29, 0.717) is 31.2 Å². The number of halogens is 3. The van der Waals surface area contributed by atoms with Crippen LogP contribution < -0.4 is 10.0 Å². The van der Waals surface area contributed by atoms with E-state index in [1.165, 1.54) is 31.3 Å². The molecule has 1 amide bonds. The standard InChI is InChI=1S/C25H26F3N3O3S/c1-16(21-7-3-4-8-22(21)25(26,27)28)30-24(32)17-10-12-19(13-11-17)31-35(33,34)20-14-18-6-2-5-9-23(18)29-15-20/h2-9,14-17,19,31H,10-13H2,1H3,(H,30,32)/t16-,17?,19?/m1/s1. The molecule has 4 rings (SSSR count). The van der Waals surface area contributed by atoms with E-state index in [1.807, 2.05) is 12.1 Å². The highest BCUT2D eigenvalue weighted by molar-refractivity contribution is 7.89. The molecule has 0 unspecified atom stereocenters. The van der Waals surface area contributed by atoms with Gasteiger partial charge in [-0.05, 0) is 56.4 Å². The molecule has 35 heavy (non-hydrogen) atoms. The number of pyridine rings is 1. The number of amides is 1. The van der Waals surface area contributed by atoms with Gasteiger partial charge >= 0.3 is 6.18 Å². The minimum Gasteiger partial charge on any atom is -0.349 e. The SMILES string of the molecule is C[C@@H](NC(=O)C1CCC(NS(=O)(=O)c2cnc3ccccc3c2)CC1)c1ccccc1C(F)(F)F. The van der Waals surface area contributed by atoms with Crippen LogP contribution in [0.2, 0.25) is 0 Å². The Kier molecular flexibility index (Phi) is 7.14. The van der Waals surface area contributed by atoms with Crippen molar-refractivity contribution in [3.05, 3.63) is 71.9 Å². The van der Waals surface area contributed by atoms with E-state index in [0.717, 1.165) is 11.5 Å². The van der Waals surface area contributed by atoms with Gasteiger partial charge in [0.15, 0.2) is 0 Å². The Labute approximate surface area is 202 Å². The van der Waals surface area contributed by atoms with Crippen LogP contribution in [-0.4, -0.2) is 25.4 Å². The highest BCUT2D eigenvalue weighted by Gasteiger charge is 2.35. The van der Waals surface area contributed by atoms with Gasteiger partial charge in [-0.2, -0.15) is 13.2 Å². The summed E-state index contributed by atoms with van der Waals surface area (Å²) in [6, 6.07) is 12.8. The number of fused-ring (bicyclic) bond motifs is 1. The molecule has 1 aliphatic rings. The number of rotatable bonds is 6. The fraction of sp³-hybridized carbons (Fsp3) is 0.360. The van der Waals surface area contributed by atoms with Crippen molar-refractivity contribution in [2.24, 2.45) is 5.92 Å². The average Bonchev–Trinajstić information content (AvgIpc) is 2.83. The van der Waals surface area contributed by atoms with Crippen molar-refractivity contribution in [2.45, 2.75) is 55.8 Å². The first-order valence-electron chi connectivity index (χ1n) is 11.4. The summed E-state index contributed by atoms with van der Waals surface area (Å²) in [6.45, 7) is 1.53. The van der Waals surface area contributed by atoms with Crippen LogP contribution in [0, 0.1) is 5.92 Å². The Morgan fingerprint density at radius 1 is 1.03 bits per heavy atom. The molecule has 1 fully saturated rings. The third kappa shape index (κ3) is 5.82. The van der Waals surface area contributed by atoms with Crippen molar-refractivity contribution in [3.63, 3.8) is 0 Å². The Morgan fingerprint density at radius 3 is 2.40 bits per heavy atom. The summed E-state index contributed by atoms with van der Waals surface area (Å²) in [6.07, 6.45) is -1.42. The molecule has 186 valence electrons. The second kappa shape index (κ2) is 9.94. The number of hydrogen-bond donors (Lipinski definition) is 2. The molecule has 0 aliphatic heterocycles. The number of para-hydroxylation sites is 1. The molecule has 0 radical (unpaired) electrons. The maximum absolute atomic E-state index is 13.3. The first-order valence-corrected chi connectivity index (χ1v) is 12.9. The molecule has 0 saturated heterocycles. The van der Waals surface area contributed by atoms with Gasteiger partial charge in [-0.3, -0.25) is 9.78 Å². The molecule has 1 heterocycles. The number of nitrogens with zero attached hydrogens (tertiary/aromatic N) is 1. The number of nitrogens with one attached hydrogen (secondary N) is 2. The highest BCUT2D eigenvalue weighted by atomic mass is 32.2.